The van der Waals surface area contributed by atoms with Crippen molar-refractivity contribution in [3.63, 3.8) is 0 Å². The van der Waals surface area contributed by atoms with E-state index in [4.69, 9.17) is 5.11 Å². The highest BCUT2D eigenvalue weighted by Crippen LogP contribution is 2.14. The van der Waals surface area contributed by atoms with Crippen LogP contribution < -0.4 is 5.32 Å². The summed E-state index contributed by atoms with van der Waals surface area (Å²) in [5, 5.41) is 15.6. The van der Waals surface area contributed by atoms with E-state index in [0.717, 1.165) is 22.7 Å². The predicted octanol–water partition coefficient (Wildman–Crippen LogP) is 1.44. The molecule has 5 nitrogen and oxygen atoms in total. The van der Waals surface area contributed by atoms with Crippen molar-refractivity contribution in [1.82, 2.24) is 9.59 Å². The van der Waals surface area contributed by atoms with Gasteiger partial charge >= 0.3 is 0 Å². The first-order valence-corrected chi connectivity index (χ1v) is 6.27. The highest BCUT2D eigenvalue weighted by atomic mass is 32.1. The van der Waals surface area contributed by atoms with Crippen molar-refractivity contribution in [2.45, 2.75) is 6.92 Å². The molecule has 0 unspecified atom stereocenters. The van der Waals surface area contributed by atoms with Crippen LogP contribution in [-0.2, 0) is 0 Å². The van der Waals surface area contributed by atoms with Crippen LogP contribution in [0.2, 0.25) is 0 Å². The van der Waals surface area contributed by atoms with E-state index >= 15 is 0 Å². The van der Waals surface area contributed by atoms with Crippen LogP contribution in [-0.4, -0.2) is 27.2 Å². The predicted molar refractivity (Wildman–Crippen MR) is 73.0 cm³/mol. The van der Waals surface area contributed by atoms with Gasteiger partial charge in [-0.3, -0.25) is 4.79 Å². The van der Waals surface area contributed by atoms with Crippen LogP contribution >= 0.6 is 11.5 Å². The number of carbonyl (C=O) groups is 1. The molecule has 2 N–H and O–H groups in total. The second kappa shape index (κ2) is 6.09. The van der Waals surface area contributed by atoms with Gasteiger partial charge in [0.2, 0.25) is 0 Å². The number of aliphatic hydroxyl groups excluding tert-OH is 1. The van der Waals surface area contributed by atoms with Gasteiger partial charge in [-0.15, -0.1) is 5.10 Å². The summed E-state index contributed by atoms with van der Waals surface area (Å²) in [6.45, 7) is 1.69. The van der Waals surface area contributed by atoms with Crippen molar-refractivity contribution in [1.29, 1.82) is 0 Å². The molecule has 0 saturated carbocycles. The van der Waals surface area contributed by atoms with Crippen LogP contribution in [0.4, 0.5) is 5.00 Å². The molecule has 0 bridgehead atoms. The van der Waals surface area contributed by atoms with Gasteiger partial charge in [0, 0.05) is 22.7 Å². The van der Waals surface area contributed by atoms with E-state index in [1.54, 1.807) is 12.1 Å². The highest BCUT2D eigenvalue weighted by Gasteiger charge is 2.08. The number of amides is 1. The molecular formula is C13H11N3O2S. The molecule has 2 aromatic rings. The van der Waals surface area contributed by atoms with Crippen LogP contribution in [0.15, 0.2) is 24.4 Å². The number of benzene rings is 1. The van der Waals surface area contributed by atoms with Crippen molar-refractivity contribution in [2.75, 3.05) is 11.9 Å². The summed E-state index contributed by atoms with van der Waals surface area (Å²) in [6.07, 6.45) is 1.49. The summed E-state index contributed by atoms with van der Waals surface area (Å²) < 4.78 is 3.67. The maximum absolute atomic E-state index is 12.0. The summed E-state index contributed by atoms with van der Waals surface area (Å²) in [7, 11) is 0. The lowest BCUT2D eigenvalue weighted by atomic mass is 10.0. The maximum Gasteiger partial charge on any atom is 0.256 e. The number of carbonyl (C=O) groups excluding carboxylic acids is 1. The maximum atomic E-state index is 12.0. The van der Waals surface area contributed by atoms with Gasteiger partial charge in [-0.25, -0.2) is 0 Å². The zero-order valence-corrected chi connectivity index (χ0v) is 11.0. The largest absolute Gasteiger partial charge is 0.384 e. The SMILES string of the molecule is Cc1ccc(C(=O)Nc2cnns2)cc1C#CCO. The van der Waals surface area contributed by atoms with E-state index in [1.165, 1.54) is 6.20 Å². The molecule has 0 radical (unpaired) electrons. The van der Waals surface area contributed by atoms with Gasteiger partial charge in [-0.1, -0.05) is 22.4 Å². The summed E-state index contributed by atoms with van der Waals surface area (Å²) in [5.41, 5.74) is 2.18. The molecule has 0 spiro atoms. The van der Waals surface area contributed by atoms with Crippen LogP contribution in [0.5, 0.6) is 0 Å². The molecule has 6 heteroatoms. The smallest absolute Gasteiger partial charge is 0.256 e. The lowest BCUT2D eigenvalue weighted by molar-refractivity contribution is 0.102. The molecule has 1 amide bonds. The number of hydrogen-bond donors (Lipinski definition) is 2. The minimum absolute atomic E-state index is 0.206. The quantitative estimate of drug-likeness (QED) is 0.812. The Balaban J connectivity index is 2.22. The number of aryl methyl sites for hydroxylation is 1. The van der Waals surface area contributed by atoms with Crippen LogP contribution in [0.1, 0.15) is 21.5 Å². The minimum atomic E-state index is -0.238. The average Bonchev–Trinajstić information content (AvgIpc) is 2.90. The van der Waals surface area contributed by atoms with Crippen LogP contribution in [0, 0.1) is 18.8 Å². The van der Waals surface area contributed by atoms with Crippen molar-refractivity contribution in [3.05, 3.63) is 41.1 Å². The molecule has 19 heavy (non-hydrogen) atoms. The molecule has 0 aliphatic rings. The van der Waals surface area contributed by atoms with Gasteiger partial charge in [0.05, 0.1) is 6.20 Å². The third-order valence-electron chi connectivity index (χ3n) is 2.40. The Morgan fingerprint density at radius 2 is 2.37 bits per heavy atom. The van der Waals surface area contributed by atoms with Gasteiger partial charge in [0.15, 0.2) is 0 Å². The number of rotatable bonds is 2. The number of anilines is 1. The number of aromatic nitrogens is 2. The van der Waals surface area contributed by atoms with Crippen LogP contribution in [0.3, 0.4) is 0 Å². The number of nitrogens with zero attached hydrogens (tertiary/aromatic N) is 2. The van der Waals surface area contributed by atoms with E-state index in [0.29, 0.717) is 10.6 Å². The lowest BCUT2D eigenvalue weighted by Gasteiger charge is -2.04. The standard InChI is InChI=1S/C13H11N3O2S/c1-9-4-5-11(7-10(9)3-2-6-17)13(18)15-12-8-14-16-19-12/h4-5,7-8,17H,6H2,1H3,(H,15,18). The Morgan fingerprint density at radius 1 is 1.53 bits per heavy atom. The molecule has 1 heterocycles. The molecule has 1 aromatic heterocycles. The average molecular weight is 273 g/mol. The second-order valence-electron chi connectivity index (χ2n) is 3.73. The third kappa shape index (κ3) is 3.37. The van der Waals surface area contributed by atoms with E-state index in [1.807, 2.05) is 13.0 Å². The summed E-state index contributed by atoms with van der Waals surface area (Å²) in [6, 6.07) is 5.24. The summed E-state index contributed by atoms with van der Waals surface area (Å²) in [4.78, 5) is 12.0. The zero-order valence-electron chi connectivity index (χ0n) is 10.2. The van der Waals surface area contributed by atoms with Crippen molar-refractivity contribution in [2.24, 2.45) is 0 Å². The molecule has 1 aromatic carbocycles. The number of aliphatic hydroxyl groups is 1. The van der Waals surface area contributed by atoms with Gasteiger partial charge < -0.3 is 10.4 Å². The fourth-order valence-electron chi connectivity index (χ4n) is 1.44. The van der Waals surface area contributed by atoms with Crippen molar-refractivity contribution < 1.29 is 9.90 Å². The van der Waals surface area contributed by atoms with E-state index in [9.17, 15) is 4.79 Å². The Kier molecular flexibility index (Phi) is 4.23. The fourth-order valence-corrected chi connectivity index (χ4v) is 1.85. The first-order valence-electron chi connectivity index (χ1n) is 5.50. The zero-order chi connectivity index (χ0) is 13.7. The fraction of sp³-hybridized carbons (Fsp3) is 0.154. The molecule has 0 fully saturated rings. The number of nitrogens with one attached hydrogen (secondary N) is 1. The van der Waals surface area contributed by atoms with Gasteiger partial charge in [-0.05, 0) is 24.6 Å². The minimum Gasteiger partial charge on any atom is -0.384 e. The number of hydrogen-bond acceptors (Lipinski definition) is 5. The third-order valence-corrected chi connectivity index (χ3v) is 2.98. The Morgan fingerprint density at radius 3 is 3.05 bits per heavy atom. The van der Waals surface area contributed by atoms with E-state index in [-0.39, 0.29) is 12.5 Å². The summed E-state index contributed by atoms with van der Waals surface area (Å²) in [5.74, 6) is 5.15. The molecule has 0 saturated heterocycles. The summed E-state index contributed by atoms with van der Waals surface area (Å²) >= 11 is 1.11. The van der Waals surface area contributed by atoms with Crippen molar-refractivity contribution >= 4 is 22.4 Å². The molecular weight excluding hydrogens is 262 g/mol. The molecule has 0 atom stereocenters. The molecule has 0 aliphatic heterocycles. The molecule has 96 valence electrons. The normalized spacial score (nSPS) is 9.58. The Labute approximate surface area is 114 Å². The van der Waals surface area contributed by atoms with E-state index in [2.05, 4.69) is 26.7 Å². The first-order chi connectivity index (χ1) is 9.20. The highest BCUT2D eigenvalue weighted by molar-refractivity contribution is 7.10. The lowest BCUT2D eigenvalue weighted by Crippen LogP contribution is -2.11. The van der Waals surface area contributed by atoms with Crippen molar-refractivity contribution in [3.8, 4) is 11.8 Å². The topological polar surface area (TPSA) is 75.1 Å². The Bertz CT molecular complexity index is 642. The molecule has 2 rings (SSSR count). The first kappa shape index (κ1) is 13.2. The van der Waals surface area contributed by atoms with Gasteiger partial charge in [-0.2, -0.15) is 0 Å². The monoisotopic (exact) mass is 273 g/mol. The van der Waals surface area contributed by atoms with Crippen LogP contribution in [0.25, 0.3) is 0 Å². The van der Waals surface area contributed by atoms with E-state index < -0.39 is 0 Å². The second-order valence-corrected chi connectivity index (χ2v) is 4.51. The van der Waals surface area contributed by atoms with Gasteiger partial charge in [0.1, 0.15) is 11.6 Å². The molecule has 0 aliphatic carbocycles. The Hall–Kier alpha value is -2.23. The van der Waals surface area contributed by atoms with Gasteiger partial charge in [0.25, 0.3) is 5.91 Å².